The van der Waals surface area contributed by atoms with Crippen LogP contribution in [0, 0.1) is 10.1 Å². The Kier molecular flexibility index (Phi) is 5.46. The largest absolute Gasteiger partial charge is 0.451 e. The Balaban J connectivity index is 1.45. The van der Waals surface area contributed by atoms with Crippen molar-refractivity contribution >= 4 is 39.1 Å². The first-order chi connectivity index (χ1) is 12.9. The molecule has 2 heterocycles. The lowest BCUT2D eigenvalue weighted by Gasteiger charge is -2.06. The summed E-state index contributed by atoms with van der Waals surface area (Å²) in [6.07, 6.45) is 1.78. The van der Waals surface area contributed by atoms with Crippen molar-refractivity contribution in [3.05, 3.63) is 57.3 Å². The van der Waals surface area contributed by atoms with Crippen molar-refractivity contribution in [3.8, 4) is 0 Å². The van der Waals surface area contributed by atoms with Crippen molar-refractivity contribution in [1.82, 2.24) is 14.9 Å². The Morgan fingerprint density at radius 2 is 2.15 bits per heavy atom. The SMILES string of the molecule is Cn1cc([N+](=O)[O-])cc1C(=O)OCC(=O)NCCc1nc2ccccc2s1. The first kappa shape index (κ1) is 18.5. The summed E-state index contributed by atoms with van der Waals surface area (Å²) >= 11 is 1.57. The summed E-state index contributed by atoms with van der Waals surface area (Å²) in [7, 11) is 1.49. The molecule has 0 saturated heterocycles. The molecular formula is C17H16N4O5S. The van der Waals surface area contributed by atoms with E-state index in [2.05, 4.69) is 10.3 Å². The fourth-order valence-corrected chi connectivity index (χ4v) is 3.41. The van der Waals surface area contributed by atoms with Gasteiger partial charge >= 0.3 is 5.97 Å². The van der Waals surface area contributed by atoms with E-state index in [0.717, 1.165) is 21.3 Å². The molecule has 3 rings (SSSR count). The molecule has 1 aromatic carbocycles. The minimum atomic E-state index is -0.799. The number of ether oxygens (including phenoxy) is 1. The molecular weight excluding hydrogens is 372 g/mol. The number of aryl methyl sites for hydroxylation is 1. The molecule has 0 fully saturated rings. The second kappa shape index (κ2) is 7.96. The van der Waals surface area contributed by atoms with Gasteiger partial charge in [0.2, 0.25) is 0 Å². The average Bonchev–Trinajstić information content (AvgIpc) is 3.22. The van der Waals surface area contributed by atoms with Gasteiger partial charge in [0.05, 0.1) is 26.3 Å². The zero-order valence-corrected chi connectivity index (χ0v) is 15.2. The number of aromatic nitrogens is 2. The maximum atomic E-state index is 11.9. The van der Waals surface area contributed by atoms with Crippen LogP contribution in [0.15, 0.2) is 36.5 Å². The molecule has 0 aliphatic heterocycles. The summed E-state index contributed by atoms with van der Waals surface area (Å²) in [6.45, 7) is -0.0938. The number of nitrogens with zero attached hydrogens (tertiary/aromatic N) is 3. The number of carbonyl (C=O) groups is 2. The summed E-state index contributed by atoms with van der Waals surface area (Å²) in [6, 6.07) is 8.89. The molecule has 1 amide bonds. The molecule has 0 atom stereocenters. The first-order valence-corrected chi connectivity index (χ1v) is 8.84. The van der Waals surface area contributed by atoms with Gasteiger partial charge in [-0.15, -0.1) is 11.3 Å². The van der Waals surface area contributed by atoms with Crippen LogP contribution in [0.5, 0.6) is 0 Å². The van der Waals surface area contributed by atoms with Gasteiger partial charge in [-0.3, -0.25) is 14.9 Å². The number of rotatable bonds is 7. The number of esters is 1. The van der Waals surface area contributed by atoms with Crippen molar-refractivity contribution < 1.29 is 19.2 Å². The zero-order valence-electron chi connectivity index (χ0n) is 14.4. The number of benzene rings is 1. The second-order valence-electron chi connectivity index (χ2n) is 5.70. The predicted octanol–water partition coefficient (Wildman–Crippen LogP) is 2.06. The van der Waals surface area contributed by atoms with E-state index < -0.39 is 23.4 Å². The number of hydrogen-bond acceptors (Lipinski definition) is 7. The molecule has 0 aliphatic rings. The predicted molar refractivity (Wildman–Crippen MR) is 98.7 cm³/mol. The minimum Gasteiger partial charge on any atom is -0.451 e. The number of carbonyl (C=O) groups excluding carboxylic acids is 2. The summed E-state index contributed by atoms with van der Waals surface area (Å²) in [4.78, 5) is 38.4. The Bertz CT molecular complexity index is 977. The summed E-state index contributed by atoms with van der Waals surface area (Å²) in [5.41, 5.74) is 0.711. The van der Waals surface area contributed by atoms with Crippen LogP contribution in [0.1, 0.15) is 15.5 Å². The van der Waals surface area contributed by atoms with Crippen LogP contribution in [-0.4, -0.2) is 39.5 Å². The smallest absolute Gasteiger partial charge is 0.355 e. The van der Waals surface area contributed by atoms with Gasteiger partial charge in [-0.25, -0.2) is 9.78 Å². The Hall–Kier alpha value is -3.27. The van der Waals surface area contributed by atoms with Gasteiger partial charge in [0.1, 0.15) is 5.69 Å². The van der Waals surface area contributed by atoms with E-state index >= 15 is 0 Å². The van der Waals surface area contributed by atoms with Gasteiger partial charge in [0, 0.05) is 26.1 Å². The third-order valence-corrected chi connectivity index (χ3v) is 4.84. The fraction of sp³-hybridized carbons (Fsp3) is 0.235. The maximum Gasteiger partial charge on any atom is 0.355 e. The molecule has 0 spiro atoms. The van der Waals surface area contributed by atoms with Gasteiger partial charge in [-0.2, -0.15) is 0 Å². The van der Waals surface area contributed by atoms with Gasteiger partial charge in [0.25, 0.3) is 11.6 Å². The van der Waals surface area contributed by atoms with E-state index in [1.807, 2.05) is 24.3 Å². The highest BCUT2D eigenvalue weighted by molar-refractivity contribution is 7.18. The van der Waals surface area contributed by atoms with Crippen molar-refractivity contribution in [3.63, 3.8) is 0 Å². The van der Waals surface area contributed by atoms with Crippen LogP contribution < -0.4 is 5.32 Å². The third kappa shape index (κ3) is 4.47. The highest BCUT2D eigenvalue weighted by atomic mass is 32.1. The Morgan fingerprint density at radius 1 is 1.37 bits per heavy atom. The van der Waals surface area contributed by atoms with Crippen LogP contribution in [0.2, 0.25) is 0 Å². The molecule has 0 bridgehead atoms. The normalized spacial score (nSPS) is 10.7. The van der Waals surface area contributed by atoms with E-state index in [-0.39, 0.29) is 11.4 Å². The molecule has 27 heavy (non-hydrogen) atoms. The van der Waals surface area contributed by atoms with E-state index in [1.165, 1.54) is 17.8 Å². The lowest BCUT2D eigenvalue weighted by Crippen LogP contribution is -2.30. The molecule has 3 aromatic rings. The average molecular weight is 388 g/mol. The highest BCUT2D eigenvalue weighted by Crippen LogP contribution is 2.21. The van der Waals surface area contributed by atoms with Crippen LogP contribution in [0.25, 0.3) is 10.2 Å². The summed E-state index contributed by atoms with van der Waals surface area (Å²) < 4.78 is 7.28. The van der Waals surface area contributed by atoms with Crippen LogP contribution in [0.3, 0.4) is 0 Å². The molecule has 0 unspecified atom stereocenters. The maximum absolute atomic E-state index is 11.9. The number of nitrogens with one attached hydrogen (secondary N) is 1. The molecule has 0 radical (unpaired) electrons. The van der Waals surface area contributed by atoms with Gasteiger partial charge in [-0.1, -0.05) is 12.1 Å². The molecule has 1 N–H and O–H groups in total. The van der Waals surface area contributed by atoms with Crippen molar-refractivity contribution in [2.24, 2.45) is 7.05 Å². The van der Waals surface area contributed by atoms with Crippen LogP contribution in [-0.2, 0) is 23.0 Å². The molecule has 9 nitrogen and oxygen atoms in total. The van der Waals surface area contributed by atoms with Crippen molar-refractivity contribution in [2.75, 3.05) is 13.2 Å². The first-order valence-electron chi connectivity index (χ1n) is 8.03. The quantitative estimate of drug-likeness (QED) is 0.376. The van der Waals surface area contributed by atoms with Gasteiger partial charge in [-0.05, 0) is 12.1 Å². The highest BCUT2D eigenvalue weighted by Gasteiger charge is 2.19. The Morgan fingerprint density at radius 3 is 2.85 bits per heavy atom. The molecule has 0 saturated carbocycles. The fourth-order valence-electron chi connectivity index (χ4n) is 2.44. The third-order valence-electron chi connectivity index (χ3n) is 3.74. The van der Waals surface area contributed by atoms with E-state index in [0.29, 0.717) is 13.0 Å². The number of fused-ring (bicyclic) bond motifs is 1. The molecule has 0 aliphatic carbocycles. The summed E-state index contributed by atoms with van der Waals surface area (Å²) in [5.74, 6) is -1.25. The standard InChI is InChI=1S/C17H16N4O5S/c1-20-9-11(21(24)25)8-13(20)17(23)26-10-15(22)18-7-6-16-19-12-4-2-3-5-14(12)27-16/h2-5,8-9H,6-7,10H2,1H3,(H,18,22). The molecule has 10 heteroatoms. The molecule has 140 valence electrons. The lowest BCUT2D eigenvalue weighted by molar-refractivity contribution is -0.384. The van der Waals surface area contributed by atoms with E-state index in [9.17, 15) is 19.7 Å². The lowest BCUT2D eigenvalue weighted by atomic mass is 10.3. The van der Waals surface area contributed by atoms with E-state index in [1.54, 1.807) is 11.3 Å². The monoisotopic (exact) mass is 388 g/mol. The number of para-hydroxylation sites is 1. The molecule has 2 aromatic heterocycles. The number of hydrogen-bond donors (Lipinski definition) is 1. The minimum absolute atomic E-state index is 0.00368. The van der Waals surface area contributed by atoms with Crippen LogP contribution in [0.4, 0.5) is 5.69 Å². The van der Waals surface area contributed by atoms with Crippen molar-refractivity contribution in [2.45, 2.75) is 6.42 Å². The number of amides is 1. The number of nitro groups is 1. The zero-order chi connectivity index (χ0) is 19.4. The topological polar surface area (TPSA) is 116 Å². The number of thiazole rings is 1. The van der Waals surface area contributed by atoms with Gasteiger partial charge < -0.3 is 14.6 Å². The van der Waals surface area contributed by atoms with Gasteiger partial charge in [0.15, 0.2) is 6.61 Å². The van der Waals surface area contributed by atoms with Crippen LogP contribution >= 0.6 is 11.3 Å². The van der Waals surface area contributed by atoms with Crippen molar-refractivity contribution in [1.29, 1.82) is 0 Å². The van der Waals surface area contributed by atoms with E-state index in [4.69, 9.17) is 4.74 Å². The Labute approximate surface area is 157 Å². The summed E-state index contributed by atoms with van der Waals surface area (Å²) in [5, 5.41) is 14.3. The second-order valence-corrected chi connectivity index (χ2v) is 6.82.